The van der Waals surface area contributed by atoms with E-state index in [9.17, 15) is 14.7 Å². The van der Waals surface area contributed by atoms with Gasteiger partial charge < -0.3 is 15.3 Å². The maximum absolute atomic E-state index is 12.3. The van der Waals surface area contributed by atoms with Crippen molar-refractivity contribution in [3.63, 3.8) is 0 Å². The van der Waals surface area contributed by atoms with Crippen LogP contribution in [0.2, 0.25) is 0 Å². The number of anilines is 1. The molecule has 0 saturated carbocycles. The molecule has 0 radical (unpaired) electrons. The van der Waals surface area contributed by atoms with E-state index in [0.29, 0.717) is 29.3 Å². The number of nitrogens with one attached hydrogen (secondary N) is 1. The molecule has 0 spiro atoms. The van der Waals surface area contributed by atoms with Crippen LogP contribution in [-0.4, -0.2) is 45.6 Å². The second-order valence-corrected chi connectivity index (χ2v) is 8.21. The first-order valence-electron chi connectivity index (χ1n) is 6.61. The number of benzene rings is 1. The number of carbonyl (C=O) groups is 2. The highest BCUT2D eigenvalue weighted by atomic mass is 127. The number of thioether (sulfide) groups is 1. The van der Waals surface area contributed by atoms with E-state index < -0.39 is 5.97 Å². The summed E-state index contributed by atoms with van der Waals surface area (Å²) >= 11 is 3.91. The van der Waals surface area contributed by atoms with Crippen molar-refractivity contribution in [2.24, 2.45) is 0 Å². The maximum Gasteiger partial charge on any atom is 0.337 e. The minimum atomic E-state index is -1.04. The van der Waals surface area contributed by atoms with Crippen molar-refractivity contribution < 1.29 is 14.7 Å². The van der Waals surface area contributed by atoms with Gasteiger partial charge in [0, 0.05) is 27.2 Å². The second kappa shape index (κ2) is 6.87. The molecule has 1 aliphatic heterocycles. The summed E-state index contributed by atoms with van der Waals surface area (Å²) in [5, 5.41) is 12.7. The highest BCUT2D eigenvalue weighted by Gasteiger charge is 2.26. The third-order valence-corrected chi connectivity index (χ3v) is 5.06. The number of halogens is 1. The molecule has 0 aromatic heterocycles. The number of carbonyl (C=O) groups excluding carboxylic acids is 1. The zero-order chi connectivity index (χ0) is 15.6. The summed E-state index contributed by atoms with van der Waals surface area (Å²) < 4.78 is 0.819. The summed E-state index contributed by atoms with van der Waals surface area (Å²) in [6.45, 7) is 5.53. The van der Waals surface area contributed by atoms with Crippen molar-refractivity contribution in [1.29, 1.82) is 0 Å². The van der Waals surface area contributed by atoms with Crippen LogP contribution in [0.3, 0.4) is 0 Å². The predicted molar refractivity (Wildman–Crippen MR) is 93.2 cm³/mol. The first-order chi connectivity index (χ1) is 9.86. The molecule has 1 saturated heterocycles. The van der Waals surface area contributed by atoms with Crippen molar-refractivity contribution in [2.45, 2.75) is 24.3 Å². The van der Waals surface area contributed by atoms with Crippen LogP contribution in [0, 0.1) is 3.57 Å². The van der Waals surface area contributed by atoms with Gasteiger partial charge in [0.15, 0.2) is 0 Å². The van der Waals surface area contributed by atoms with E-state index in [4.69, 9.17) is 0 Å². The van der Waals surface area contributed by atoms with Gasteiger partial charge in [-0.25, -0.2) is 9.59 Å². The Bertz CT molecular complexity index is 557. The van der Waals surface area contributed by atoms with E-state index in [1.807, 2.05) is 34.4 Å². The first kappa shape index (κ1) is 16.4. The van der Waals surface area contributed by atoms with Gasteiger partial charge in [0.1, 0.15) is 0 Å². The van der Waals surface area contributed by atoms with Crippen LogP contribution < -0.4 is 5.32 Å². The number of urea groups is 1. The minimum absolute atomic E-state index is 0.114. The highest BCUT2D eigenvalue weighted by Crippen LogP contribution is 2.26. The van der Waals surface area contributed by atoms with Crippen LogP contribution in [0.5, 0.6) is 0 Å². The molecule has 1 aromatic carbocycles. The number of amides is 2. The normalized spacial score (nSPS) is 22.0. The molecule has 1 fully saturated rings. The first-order valence-corrected chi connectivity index (χ1v) is 8.63. The Morgan fingerprint density at radius 2 is 1.95 bits per heavy atom. The average Bonchev–Trinajstić information content (AvgIpc) is 2.39. The van der Waals surface area contributed by atoms with Crippen molar-refractivity contribution in [3.05, 3.63) is 27.3 Å². The van der Waals surface area contributed by atoms with Gasteiger partial charge in [-0.05, 0) is 40.8 Å². The number of aromatic carboxylic acids is 1. The van der Waals surface area contributed by atoms with E-state index in [-0.39, 0.29) is 11.6 Å². The zero-order valence-electron chi connectivity index (χ0n) is 11.8. The number of carboxylic acid groups (broad SMARTS) is 1. The molecule has 1 heterocycles. The molecule has 2 N–H and O–H groups in total. The molecule has 5 nitrogen and oxygen atoms in total. The number of rotatable bonds is 2. The van der Waals surface area contributed by atoms with Crippen molar-refractivity contribution in [2.75, 3.05) is 18.4 Å². The Balaban J connectivity index is 2.14. The van der Waals surface area contributed by atoms with E-state index in [0.717, 1.165) is 3.57 Å². The third kappa shape index (κ3) is 4.26. The van der Waals surface area contributed by atoms with Crippen LogP contribution in [0.4, 0.5) is 10.5 Å². The number of carboxylic acids is 1. The number of nitrogens with zero attached hydrogens (tertiary/aromatic N) is 1. The Morgan fingerprint density at radius 1 is 1.33 bits per heavy atom. The van der Waals surface area contributed by atoms with Crippen LogP contribution >= 0.6 is 34.4 Å². The molecule has 1 aliphatic rings. The largest absolute Gasteiger partial charge is 0.478 e. The van der Waals surface area contributed by atoms with Crippen LogP contribution in [0.25, 0.3) is 0 Å². The average molecular weight is 420 g/mol. The molecule has 7 heteroatoms. The quantitative estimate of drug-likeness (QED) is 0.721. The lowest BCUT2D eigenvalue weighted by Gasteiger charge is -2.34. The highest BCUT2D eigenvalue weighted by molar-refractivity contribution is 14.1. The van der Waals surface area contributed by atoms with Crippen LogP contribution in [0.1, 0.15) is 24.2 Å². The van der Waals surface area contributed by atoms with Gasteiger partial charge >= 0.3 is 12.0 Å². The van der Waals surface area contributed by atoms with Gasteiger partial charge in [0.2, 0.25) is 0 Å². The molecule has 0 aliphatic carbocycles. The topological polar surface area (TPSA) is 69.6 Å². The molecule has 2 unspecified atom stereocenters. The molecule has 2 atom stereocenters. The fourth-order valence-corrected chi connectivity index (χ4v) is 4.16. The Kier molecular flexibility index (Phi) is 5.37. The fourth-order valence-electron chi connectivity index (χ4n) is 2.34. The Hall–Kier alpha value is -0.960. The molecule has 21 heavy (non-hydrogen) atoms. The number of hydrogen-bond acceptors (Lipinski definition) is 3. The Labute approximate surface area is 141 Å². The van der Waals surface area contributed by atoms with E-state index in [2.05, 4.69) is 19.2 Å². The molecule has 1 aromatic rings. The van der Waals surface area contributed by atoms with E-state index in [1.165, 1.54) is 0 Å². The lowest BCUT2D eigenvalue weighted by Crippen LogP contribution is -2.46. The molecule has 2 rings (SSSR count). The van der Waals surface area contributed by atoms with Gasteiger partial charge in [-0.1, -0.05) is 13.8 Å². The summed E-state index contributed by atoms with van der Waals surface area (Å²) in [4.78, 5) is 25.3. The molecule has 0 bridgehead atoms. The zero-order valence-corrected chi connectivity index (χ0v) is 14.8. The van der Waals surface area contributed by atoms with Gasteiger partial charge in [-0.2, -0.15) is 11.8 Å². The predicted octanol–water partition coefficient (Wildman–Crippen LogP) is 3.35. The second-order valence-electron chi connectivity index (χ2n) is 5.09. The van der Waals surface area contributed by atoms with Gasteiger partial charge in [-0.15, -0.1) is 0 Å². The standard InChI is InChI=1S/C14H17IN2O3S/c1-8-6-17(7-9(2)21-8)14(20)16-12-4-3-10(15)5-11(12)13(18)19/h3-5,8-9H,6-7H2,1-2H3,(H,16,20)(H,18,19). The lowest BCUT2D eigenvalue weighted by atomic mass is 10.2. The molecule has 2 amide bonds. The number of hydrogen-bond donors (Lipinski definition) is 2. The Morgan fingerprint density at radius 3 is 2.52 bits per heavy atom. The van der Waals surface area contributed by atoms with Crippen molar-refractivity contribution in [3.8, 4) is 0 Å². The fraction of sp³-hybridized carbons (Fsp3) is 0.429. The SMILES string of the molecule is CC1CN(C(=O)Nc2ccc(I)cc2C(=O)O)CC(C)S1. The van der Waals surface area contributed by atoms with Gasteiger partial charge in [-0.3, -0.25) is 0 Å². The lowest BCUT2D eigenvalue weighted by molar-refractivity contribution is 0.0698. The summed E-state index contributed by atoms with van der Waals surface area (Å²) in [6, 6.07) is 4.72. The van der Waals surface area contributed by atoms with E-state index in [1.54, 1.807) is 23.1 Å². The maximum atomic E-state index is 12.3. The summed E-state index contributed by atoms with van der Waals surface area (Å²) in [6.07, 6.45) is 0. The molecular weight excluding hydrogens is 403 g/mol. The minimum Gasteiger partial charge on any atom is -0.478 e. The summed E-state index contributed by atoms with van der Waals surface area (Å²) in [5.74, 6) is -1.04. The van der Waals surface area contributed by atoms with Crippen LogP contribution in [-0.2, 0) is 0 Å². The molecular formula is C14H17IN2O3S. The van der Waals surface area contributed by atoms with Crippen LogP contribution in [0.15, 0.2) is 18.2 Å². The summed E-state index contributed by atoms with van der Waals surface area (Å²) in [7, 11) is 0. The van der Waals surface area contributed by atoms with E-state index >= 15 is 0 Å². The monoisotopic (exact) mass is 420 g/mol. The molecule has 114 valence electrons. The third-order valence-electron chi connectivity index (χ3n) is 3.16. The van der Waals surface area contributed by atoms with Gasteiger partial charge in [0.25, 0.3) is 0 Å². The van der Waals surface area contributed by atoms with Gasteiger partial charge in [0.05, 0.1) is 11.3 Å². The summed E-state index contributed by atoms with van der Waals surface area (Å²) in [5.41, 5.74) is 0.453. The van der Waals surface area contributed by atoms with Crippen molar-refractivity contribution >= 4 is 52.0 Å². The smallest absolute Gasteiger partial charge is 0.337 e. The van der Waals surface area contributed by atoms with Crippen molar-refractivity contribution in [1.82, 2.24) is 4.90 Å².